The van der Waals surface area contributed by atoms with Gasteiger partial charge in [-0.05, 0) is 12.1 Å². The highest BCUT2D eigenvalue weighted by molar-refractivity contribution is 4.81. The molecule has 1 heteroatoms. The minimum absolute atomic E-state index is 0.870. The van der Waals surface area contributed by atoms with Gasteiger partial charge < -0.3 is 0 Å². The number of rotatable bonds is 2. The molecule has 0 N–H and O–H groups in total. The van der Waals surface area contributed by atoms with Crippen LogP contribution in [-0.4, -0.2) is 0 Å². The summed E-state index contributed by atoms with van der Waals surface area (Å²) in [7, 11) is 0. The summed E-state index contributed by atoms with van der Waals surface area (Å²) in [5.74, 6) is 0. The molecule has 0 aliphatic rings. The molecule has 1 rings (SSSR count). The van der Waals surface area contributed by atoms with Gasteiger partial charge in [-0.1, -0.05) is 6.58 Å². The Hall–Kier alpha value is -1.11. The fraction of sp³-hybridized carbons (Fsp3) is 0.125. The first kappa shape index (κ1) is 6.02. The normalized spacial score (nSPS) is 8.89. The summed E-state index contributed by atoms with van der Waals surface area (Å²) >= 11 is 0. The highest BCUT2D eigenvalue weighted by Crippen LogP contribution is 1.74. The Kier molecular flexibility index (Phi) is 2.02. The third-order valence-corrected chi connectivity index (χ3v) is 1.06. The Labute approximate surface area is 55.3 Å². The van der Waals surface area contributed by atoms with Gasteiger partial charge in [-0.25, -0.2) is 4.57 Å². The van der Waals surface area contributed by atoms with Gasteiger partial charge in [0, 0.05) is 12.1 Å². The molecule has 45 valence electrons. The van der Waals surface area contributed by atoms with Crippen LogP contribution in [0, 0.1) is 6.07 Å². The third kappa shape index (κ3) is 1.68. The molecule has 1 nitrogen and oxygen atoms in total. The maximum Gasteiger partial charge on any atom is 0.169 e. The summed E-state index contributed by atoms with van der Waals surface area (Å²) in [6, 6.07) is 6.69. The van der Waals surface area contributed by atoms with E-state index in [0.29, 0.717) is 0 Å². The van der Waals surface area contributed by atoms with Gasteiger partial charge in [0.2, 0.25) is 0 Å². The van der Waals surface area contributed by atoms with Crippen LogP contribution in [0.2, 0.25) is 0 Å². The lowest BCUT2D eigenvalue weighted by atomic mass is 10.5. The second-order valence-corrected chi connectivity index (χ2v) is 1.78. The number of aromatic nitrogens is 1. The highest BCUT2D eigenvalue weighted by Gasteiger charge is 1.88. The van der Waals surface area contributed by atoms with E-state index in [9.17, 15) is 0 Å². The summed E-state index contributed by atoms with van der Waals surface area (Å²) in [4.78, 5) is 0. The van der Waals surface area contributed by atoms with E-state index < -0.39 is 0 Å². The van der Waals surface area contributed by atoms with Crippen LogP contribution in [0.15, 0.2) is 37.2 Å². The maximum atomic E-state index is 3.62. The largest absolute Gasteiger partial charge is 0.201 e. The van der Waals surface area contributed by atoms with E-state index in [-0.39, 0.29) is 0 Å². The zero-order valence-electron chi connectivity index (χ0n) is 5.25. The summed E-state index contributed by atoms with van der Waals surface area (Å²) < 4.78 is 2.03. The van der Waals surface area contributed by atoms with Gasteiger partial charge in [0.25, 0.3) is 0 Å². The van der Waals surface area contributed by atoms with Crippen LogP contribution in [0.4, 0.5) is 0 Å². The number of hydrogen-bond acceptors (Lipinski definition) is 0. The maximum absolute atomic E-state index is 3.62. The number of pyridine rings is 1. The predicted octanol–water partition coefficient (Wildman–Crippen LogP) is 0.960. The second-order valence-electron chi connectivity index (χ2n) is 1.78. The van der Waals surface area contributed by atoms with E-state index in [4.69, 9.17) is 0 Å². The molecule has 0 bridgehead atoms. The molecule has 1 heterocycles. The molecule has 0 aliphatic carbocycles. The van der Waals surface area contributed by atoms with Crippen molar-refractivity contribution in [2.75, 3.05) is 0 Å². The summed E-state index contributed by atoms with van der Waals surface area (Å²) in [6.45, 7) is 4.49. The van der Waals surface area contributed by atoms with Crippen molar-refractivity contribution in [3.8, 4) is 0 Å². The molecule has 1 aromatic rings. The lowest BCUT2D eigenvalue weighted by molar-refractivity contribution is -0.687. The van der Waals surface area contributed by atoms with Crippen LogP contribution in [0.25, 0.3) is 0 Å². The van der Waals surface area contributed by atoms with E-state index in [1.54, 1.807) is 0 Å². The highest BCUT2D eigenvalue weighted by atomic mass is 14.9. The van der Waals surface area contributed by atoms with Crippen LogP contribution in [0.1, 0.15) is 0 Å². The van der Waals surface area contributed by atoms with E-state index in [2.05, 4.69) is 12.6 Å². The van der Waals surface area contributed by atoms with E-state index in [1.165, 1.54) is 0 Å². The molecule has 0 amide bonds. The number of hydrogen-bond donors (Lipinski definition) is 0. The first-order valence-corrected chi connectivity index (χ1v) is 2.89. The van der Waals surface area contributed by atoms with Crippen LogP contribution < -0.4 is 4.57 Å². The van der Waals surface area contributed by atoms with Crippen molar-refractivity contribution in [3.63, 3.8) is 0 Å². The van der Waals surface area contributed by atoms with E-state index in [1.807, 2.05) is 35.2 Å². The van der Waals surface area contributed by atoms with Crippen LogP contribution in [0.3, 0.4) is 0 Å². The molecule has 9 heavy (non-hydrogen) atoms. The molecule has 1 radical (unpaired) electrons. The average Bonchev–Trinajstić information content (AvgIpc) is 1.91. The molecule has 0 spiro atoms. The Morgan fingerprint density at radius 1 is 1.44 bits per heavy atom. The van der Waals surface area contributed by atoms with Gasteiger partial charge in [0.15, 0.2) is 18.9 Å². The molecule has 0 fully saturated rings. The van der Waals surface area contributed by atoms with Crippen molar-refractivity contribution >= 4 is 0 Å². The lowest BCUT2D eigenvalue weighted by Gasteiger charge is -1.85. The van der Waals surface area contributed by atoms with Gasteiger partial charge >= 0.3 is 0 Å². The standard InChI is InChI=1S/C8H9N/c1-2-6-9-7-4-3-5-8-9/h2,4-5,7-8H,1,6H2/q+1. The van der Waals surface area contributed by atoms with Gasteiger partial charge in [-0.3, -0.25) is 0 Å². The van der Waals surface area contributed by atoms with Gasteiger partial charge in [-0.15, -0.1) is 0 Å². The zero-order chi connectivity index (χ0) is 6.53. The van der Waals surface area contributed by atoms with Crippen LogP contribution in [0.5, 0.6) is 0 Å². The molecule has 0 unspecified atom stereocenters. The molecule has 0 aromatic carbocycles. The van der Waals surface area contributed by atoms with Crippen LogP contribution in [-0.2, 0) is 6.54 Å². The van der Waals surface area contributed by atoms with Crippen molar-refractivity contribution in [3.05, 3.63) is 43.2 Å². The van der Waals surface area contributed by atoms with Crippen LogP contribution >= 0.6 is 0 Å². The third-order valence-electron chi connectivity index (χ3n) is 1.06. The van der Waals surface area contributed by atoms with Gasteiger partial charge in [0.05, 0.1) is 0 Å². The molecular formula is C8H9N+. The Morgan fingerprint density at radius 3 is 2.67 bits per heavy atom. The van der Waals surface area contributed by atoms with E-state index >= 15 is 0 Å². The number of allylic oxidation sites excluding steroid dienone is 1. The zero-order valence-corrected chi connectivity index (χ0v) is 5.25. The van der Waals surface area contributed by atoms with Crippen molar-refractivity contribution in [1.29, 1.82) is 0 Å². The van der Waals surface area contributed by atoms with Gasteiger partial charge in [0.1, 0.15) is 0 Å². The monoisotopic (exact) mass is 119 g/mol. The first-order valence-electron chi connectivity index (χ1n) is 2.89. The van der Waals surface area contributed by atoms with Crippen molar-refractivity contribution in [2.24, 2.45) is 0 Å². The molecule has 0 saturated heterocycles. The summed E-state index contributed by atoms with van der Waals surface area (Å²) in [5.41, 5.74) is 0. The topological polar surface area (TPSA) is 3.88 Å². The van der Waals surface area contributed by atoms with E-state index in [0.717, 1.165) is 6.54 Å². The lowest BCUT2D eigenvalue weighted by Crippen LogP contribution is -2.30. The summed E-state index contributed by atoms with van der Waals surface area (Å²) in [6.07, 6.45) is 5.78. The second kappa shape index (κ2) is 3.02. The fourth-order valence-corrected chi connectivity index (χ4v) is 0.654. The Balaban J connectivity index is 2.72. The Bertz CT molecular complexity index is 179. The first-order chi connectivity index (χ1) is 4.43. The molecule has 1 aromatic heterocycles. The van der Waals surface area contributed by atoms with Crippen molar-refractivity contribution in [1.82, 2.24) is 0 Å². The molecule has 0 saturated carbocycles. The quantitative estimate of drug-likeness (QED) is 0.403. The molecular weight excluding hydrogens is 110 g/mol. The number of nitrogens with zero attached hydrogens (tertiary/aromatic N) is 1. The SMILES string of the molecule is C=CC[n+]1cc[c]cc1. The smallest absolute Gasteiger partial charge is 0.169 e. The average molecular weight is 119 g/mol. The molecule has 0 aliphatic heterocycles. The molecule has 0 atom stereocenters. The summed E-state index contributed by atoms with van der Waals surface area (Å²) in [5, 5.41) is 0. The Morgan fingerprint density at radius 2 is 2.11 bits per heavy atom. The predicted molar refractivity (Wildman–Crippen MR) is 35.7 cm³/mol. The fourth-order valence-electron chi connectivity index (χ4n) is 0.654. The van der Waals surface area contributed by atoms with Gasteiger partial charge in [-0.2, -0.15) is 0 Å². The van der Waals surface area contributed by atoms with Crippen molar-refractivity contribution < 1.29 is 4.57 Å². The van der Waals surface area contributed by atoms with Crippen molar-refractivity contribution in [2.45, 2.75) is 6.54 Å². The minimum Gasteiger partial charge on any atom is -0.201 e. The minimum atomic E-state index is 0.870.